The third kappa shape index (κ3) is 9.84. The van der Waals surface area contributed by atoms with Gasteiger partial charge in [-0.05, 0) is 33.2 Å². The van der Waals surface area contributed by atoms with Crippen LogP contribution in [0.5, 0.6) is 0 Å². The highest BCUT2D eigenvalue weighted by Gasteiger charge is 2.01. The maximum Gasteiger partial charge on any atom is 0.0524 e. The summed E-state index contributed by atoms with van der Waals surface area (Å²) < 4.78 is 0. The van der Waals surface area contributed by atoms with Gasteiger partial charge in [0.1, 0.15) is 0 Å². The fourth-order valence-corrected chi connectivity index (χ4v) is 1.34. The van der Waals surface area contributed by atoms with E-state index < -0.39 is 0 Å². The molecule has 0 heterocycles. The first-order valence-electron chi connectivity index (χ1n) is 5.58. The molecule has 2 atom stereocenters. The summed E-state index contributed by atoms with van der Waals surface area (Å²) in [5.74, 6) is 0. The van der Waals surface area contributed by atoms with Gasteiger partial charge < -0.3 is 10.4 Å². The van der Waals surface area contributed by atoms with Gasteiger partial charge in [-0.2, -0.15) is 0 Å². The van der Waals surface area contributed by atoms with Gasteiger partial charge in [-0.3, -0.25) is 0 Å². The minimum atomic E-state index is -0.171. The first-order chi connectivity index (χ1) is 6.16. The van der Waals surface area contributed by atoms with Crippen molar-refractivity contribution in [3.8, 4) is 0 Å². The molecule has 13 heavy (non-hydrogen) atoms. The Balaban J connectivity index is 3.15. The molecular weight excluding hydrogens is 162 g/mol. The molecule has 0 spiro atoms. The minimum absolute atomic E-state index is 0.171. The van der Waals surface area contributed by atoms with Crippen molar-refractivity contribution in [3.63, 3.8) is 0 Å². The highest BCUT2D eigenvalue weighted by molar-refractivity contribution is 4.61. The third-order valence-electron chi connectivity index (χ3n) is 2.30. The molecule has 0 bridgehead atoms. The number of nitrogens with one attached hydrogen (secondary N) is 1. The van der Waals surface area contributed by atoms with Crippen molar-refractivity contribution >= 4 is 0 Å². The Morgan fingerprint density at radius 2 is 1.85 bits per heavy atom. The summed E-state index contributed by atoms with van der Waals surface area (Å²) in [6.07, 6.45) is 5.89. The van der Waals surface area contributed by atoms with Gasteiger partial charge >= 0.3 is 0 Å². The fourth-order valence-electron chi connectivity index (χ4n) is 1.34. The van der Waals surface area contributed by atoms with Crippen molar-refractivity contribution in [1.29, 1.82) is 0 Å². The van der Waals surface area contributed by atoms with E-state index in [2.05, 4.69) is 19.2 Å². The van der Waals surface area contributed by atoms with E-state index >= 15 is 0 Å². The van der Waals surface area contributed by atoms with Crippen LogP contribution in [0, 0.1) is 0 Å². The molecule has 0 aromatic carbocycles. The lowest BCUT2D eigenvalue weighted by molar-refractivity contribution is 0.182. The third-order valence-corrected chi connectivity index (χ3v) is 2.30. The molecule has 0 aromatic heterocycles. The number of aliphatic hydroxyl groups is 1. The molecule has 0 fully saturated rings. The van der Waals surface area contributed by atoms with Gasteiger partial charge in [0.05, 0.1) is 6.10 Å². The lowest BCUT2D eigenvalue weighted by Crippen LogP contribution is -2.28. The van der Waals surface area contributed by atoms with Gasteiger partial charge in [0.25, 0.3) is 0 Å². The SMILES string of the molecule is CCCCC[C@H](C)NCC[C@H](C)O. The van der Waals surface area contributed by atoms with Crippen LogP contribution in [-0.2, 0) is 0 Å². The largest absolute Gasteiger partial charge is 0.393 e. The Morgan fingerprint density at radius 3 is 2.38 bits per heavy atom. The Bertz CT molecular complexity index is 104. The van der Waals surface area contributed by atoms with E-state index in [9.17, 15) is 0 Å². The van der Waals surface area contributed by atoms with E-state index in [0.29, 0.717) is 6.04 Å². The summed E-state index contributed by atoms with van der Waals surface area (Å²) in [6.45, 7) is 7.22. The van der Waals surface area contributed by atoms with Crippen molar-refractivity contribution in [2.45, 2.75) is 65.0 Å². The van der Waals surface area contributed by atoms with Gasteiger partial charge in [0, 0.05) is 6.04 Å². The second-order valence-electron chi connectivity index (χ2n) is 3.99. The van der Waals surface area contributed by atoms with E-state index in [1.54, 1.807) is 0 Å². The number of hydrogen-bond donors (Lipinski definition) is 2. The molecule has 2 heteroatoms. The number of rotatable bonds is 8. The summed E-state index contributed by atoms with van der Waals surface area (Å²) in [7, 11) is 0. The topological polar surface area (TPSA) is 32.3 Å². The van der Waals surface area contributed by atoms with Crippen molar-refractivity contribution in [2.75, 3.05) is 6.54 Å². The van der Waals surface area contributed by atoms with Gasteiger partial charge in [0.2, 0.25) is 0 Å². The maximum atomic E-state index is 9.04. The summed E-state index contributed by atoms with van der Waals surface area (Å²) in [5.41, 5.74) is 0. The van der Waals surface area contributed by atoms with Crippen LogP contribution in [0.15, 0.2) is 0 Å². The molecule has 0 rings (SSSR count). The van der Waals surface area contributed by atoms with Crippen molar-refractivity contribution in [2.24, 2.45) is 0 Å². The Labute approximate surface area is 82.7 Å². The van der Waals surface area contributed by atoms with E-state index in [-0.39, 0.29) is 6.10 Å². The molecule has 0 saturated heterocycles. The van der Waals surface area contributed by atoms with Gasteiger partial charge in [-0.25, -0.2) is 0 Å². The van der Waals surface area contributed by atoms with Crippen LogP contribution in [0.3, 0.4) is 0 Å². The quantitative estimate of drug-likeness (QED) is 0.572. The molecule has 0 aromatic rings. The Morgan fingerprint density at radius 1 is 1.15 bits per heavy atom. The van der Waals surface area contributed by atoms with Crippen LogP contribution in [0.25, 0.3) is 0 Å². The van der Waals surface area contributed by atoms with Crippen molar-refractivity contribution in [3.05, 3.63) is 0 Å². The van der Waals surface area contributed by atoms with Gasteiger partial charge in [-0.15, -0.1) is 0 Å². The molecule has 0 aliphatic rings. The predicted octanol–water partition coefficient (Wildman–Crippen LogP) is 2.32. The highest BCUT2D eigenvalue weighted by Crippen LogP contribution is 2.02. The van der Waals surface area contributed by atoms with E-state index in [1.165, 1.54) is 25.7 Å². The molecule has 0 amide bonds. The van der Waals surface area contributed by atoms with Crippen molar-refractivity contribution < 1.29 is 5.11 Å². The summed E-state index contributed by atoms with van der Waals surface area (Å²) in [6, 6.07) is 0.602. The van der Waals surface area contributed by atoms with Crippen LogP contribution < -0.4 is 5.32 Å². The molecule has 0 unspecified atom stereocenters. The lowest BCUT2D eigenvalue weighted by atomic mass is 10.1. The van der Waals surface area contributed by atoms with Gasteiger partial charge in [0.15, 0.2) is 0 Å². The zero-order valence-electron chi connectivity index (χ0n) is 9.34. The average molecular weight is 187 g/mol. The number of unbranched alkanes of at least 4 members (excludes halogenated alkanes) is 2. The van der Waals surface area contributed by atoms with E-state index in [0.717, 1.165) is 13.0 Å². The fraction of sp³-hybridized carbons (Fsp3) is 1.00. The number of aliphatic hydroxyl groups excluding tert-OH is 1. The Kier molecular flexibility index (Phi) is 8.46. The standard InChI is InChI=1S/C11H25NO/c1-4-5-6-7-10(2)12-9-8-11(3)13/h10-13H,4-9H2,1-3H3/t10-,11-/m0/s1. The van der Waals surface area contributed by atoms with Crippen LogP contribution in [0.2, 0.25) is 0 Å². The summed E-state index contributed by atoms with van der Waals surface area (Å²) >= 11 is 0. The zero-order chi connectivity index (χ0) is 10.1. The number of hydrogen-bond acceptors (Lipinski definition) is 2. The normalized spacial score (nSPS) is 15.7. The first kappa shape index (κ1) is 12.9. The first-order valence-corrected chi connectivity index (χ1v) is 5.58. The van der Waals surface area contributed by atoms with Gasteiger partial charge in [-0.1, -0.05) is 26.2 Å². The Hall–Kier alpha value is -0.0800. The van der Waals surface area contributed by atoms with E-state index in [4.69, 9.17) is 5.11 Å². The molecule has 2 nitrogen and oxygen atoms in total. The smallest absolute Gasteiger partial charge is 0.0524 e. The van der Waals surface area contributed by atoms with Crippen molar-refractivity contribution in [1.82, 2.24) is 5.32 Å². The van der Waals surface area contributed by atoms with Crippen LogP contribution in [0.1, 0.15) is 52.9 Å². The predicted molar refractivity (Wildman–Crippen MR) is 57.9 cm³/mol. The molecule has 0 radical (unpaired) electrons. The van der Waals surface area contributed by atoms with Crippen LogP contribution in [-0.4, -0.2) is 23.8 Å². The highest BCUT2D eigenvalue weighted by atomic mass is 16.3. The minimum Gasteiger partial charge on any atom is -0.393 e. The molecule has 80 valence electrons. The molecule has 0 aliphatic carbocycles. The molecule has 0 saturated carbocycles. The summed E-state index contributed by atoms with van der Waals surface area (Å²) in [5, 5.41) is 12.5. The zero-order valence-corrected chi connectivity index (χ0v) is 9.34. The second-order valence-corrected chi connectivity index (χ2v) is 3.99. The van der Waals surface area contributed by atoms with Crippen LogP contribution in [0.4, 0.5) is 0 Å². The second kappa shape index (κ2) is 8.52. The monoisotopic (exact) mass is 187 g/mol. The maximum absolute atomic E-state index is 9.04. The van der Waals surface area contributed by atoms with E-state index in [1.807, 2.05) is 6.92 Å². The van der Waals surface area contributed by atoms with Crippen LogP contribution >= 0.6 is 0 Å². The average Bonchev–Trinajstić information content (AvgIpc) is 2.04. The molecule has 2 N–H and O–H groups in total. The lowest BCUT2D eigenvalue weighted by Gasteiger charge is -2.13. The summed E-state index contributed by atoms with van der Waals surface area (Å²) in [4.78, 5) is 0. The molecular formula is C11H25NO. The molecule has 0 aliphatic heterocycles.